The average molecular weight is 491 g/mol. The molecule has 1 aromatic heterocycles. The van der Waals surface area contributed by atoms with Crippen molar-refractivity contribution in [3.05, 3.63) is 88.8 Å². The van der Waals surface area contributed by atoms with Crippen molar-refractivity contribution in [2.45, 2.75) is 32.2 Å². The van der Waals surface area contributed by atoms with Gasteiger partial charge in [-0.1, -0.05) is 36.6 Å². The Balaban J connectivity index is 1.34. The molecule has 0 unspecified atom stereocenters. The Morgan fingerprint density at radius 3 is 2.60 bits per heavy atom. The minimum absolute atomic E-state index is 0.0632. The van der Waals surface area contributed by atoms with Crippen LogP contribution in [-0.2, 0) is 11.3 Å². The lowest BCUT2D eigenvalue weighted by molar-refractivity contribution is -0.124. The van der Waals surface area contributed by atoms with Gasteiger partial charge < -0.3 is 10.6 Å². The lowest BCUT2D eigenvalue weighted by Crippen LogP contribution is -2.28. The molecule has 0 spiro atoms. The maximum Gasteiger partial charge on any atom is 0.257 e. The predicted octanol–water partition coefficient (Wildman–Crippen LogP) is 5.88. The van der Waals surface area contributed by atoms with E-state index in [0.717, 1.165) is 42.1 Å². The van der Waals surface area contributed by atoms with Crippen LogP contribution >= 0.6 is 11.6 Å². The SMILES string of the molecule is O=C(Nc1cccc2c1cnn2-c1ccc(F)cc1)c1cc(CNC(=O)C2CCCC2)ccc1Cl. The number of carbonyl (C=O) groups is 2. The third-order valence-electron chi connectivity index (χ3n) is 6.40. The summed E-state index contributed by atoms with van der Waals surface area (Å²) in [6, 6.07) is 16.7. The number of aromatic nitrogens is 2. The number of rotatable bonds is 6. The quantitative estimate of drug-likeness (QED) is 0.354. The summed E-state index contributed by atoms with van der Waals surface area (Å²) >= 11 is 6.34. The fraction of sp³-hybridized carbons (Fsp3) is 0.222. The highest BCUT2D eigenvalue weighted by molar-refractivity contribution is 6.34. The van der Waals surface area contributed by atoms with Crippen LogP contribution in [-0.4, -0.2) is 21.6 Å². The second-order valence-electron chi connectivity index (χ2n) is 8.74. The van der Waals surface area contributed by atoms with Crippen molar-refractivity contribution in [2.24, 2.45) is 5.92 Å². The number of carbonyl (C=O) groups excluding carboxylic acids is 2. The fourth-order valence-corrected chi connectivity index (χ4v) is 4.72. The Hall–Kier alpha value is -3.71. The molecule has 0 atom stereocenters. The molecule has 1 aliphatic carbocycles. The van der Waals surface area contributed by atoms with E-state index in [0.29, 0.717) is 28.5 Å². The van der Waals surface area contributed by atoms with E-state index in [2.05, 4.69) is 15.7 Å². The number of fused-ring (bicyclic) bond motifs is 1. The largest absolute Gasteiger partial charge is 0.352 e. The predicted molar refractivity (Wildman–Crippen MR) is 134 cm³/mol. The standard InChI is InChI=1S/C27H24ClFN4O2/c28-23-13-8-17(15-30-26(34)18-4-1-2-5-18)14-21(23)27(35)32-24-6-3-7-25-22(24)16-31-33(25)20-11-9-19(29)10-12-20/h3,6-14,16,18H,1-2,4-5,15H2,(H,30,34)(H,32,35). The molecule has 1 saturated carbocycles. The lowest BCUT2D eigenvalue weighted by Gasteiger charge is -2.12. The maximum absolute atomic E-state index is 13.3. The molecule has 0 aliphatic heterocycles. The van der Waals surface area contributed by atoms with E-state index in [1.165, 1.54) is 12.1 Å². The van der Waals surface area contributed by atoms with Crippen LogP contribution < -0.4 is 10.6 Å². The van der Waals surface area contributed by atoms with E-state index in [-0.39, 0.29) is 23.5 Å². The Morgan fingerprint density at radius 1 is 1.06 bits per heavy atom. The highest BCUT2D eigenvalue weighted by Gasteiger charge is 2.22. The van der Waals surface area contributed by atoms with Crippen molar-refractivity contribution in [2.75, 3.05) is 5.32 Å². The second kappa shape index (κ2) is 9.88. The van der Waals surface area contributed by atoms with Gasteiger partial charge in [-0.05, 0) is 66.9 Å². The number of amides is 2. The molecule has 0 radical (unpaired) electrons. The van der Waals surface area contributed by atoms with Crippen LogP contribution in [0.25, 0.3) is 16.6 Å². The van der Waals surface area contributed by atoms with Crippen molar-refractivity contribution in [1.82, 2.24) is 15.1 Å². The molecule has 2 N–H and O–H groups in total. The maximum atomic E-state index is 13.3. The monoisotopic (exact) mass is 490 g/mol. The Morgan fingerprint density at radius 2 is 1.83 bits per heavy atom. The number of hydrogen-bond donors (Lipinski definition) is 2. The summed E-state index contributed by atoms with van der Waals surface area (Å²) in [5.41, 5.74) is 3.18. The van der Waals surface area contributed by atoms with E-state index in [4.69, 9.17) is 11.6 Å². The zero-order chi connectivity index (χ0) is 24.4. The summed E-state index contributed by atoms with van der Waals surface area (Å²) in [5, 5.41) is 11.4. The van der Waals surface area contributed by atoms with Gasteiger partial charge in [-0.2, -0.15) is 5.10 Å². The first-order valence-corrected chi connectivity index (χ1v) is 12.0. The van der Waals surface area contributed by atoms with Gasteiger partial charge in [0, 0.05) is 17.8 Å². The number of benzene rings is 3. The number of nitrogens with one attached hydrogen (secondary N) is 2. The number of halogens is 2. The summed E-state index contributed by atoms with van der Waals surface area (Å²) in [6.45, 7) is 0.340. The molecular weight excluding hydrogens is 467 g/mol. The molecule has 1 fully saturated rings. The van der Waals surface area contributed by atoms with Gasteiger partial charge in [0.2, 0.25) is 5.91 Å². The van der Waals surface area contributed by atoms with Crippen LogP contribution in [0.1, 0.15) is 41.6 Å². The van der Waals surface area contributed by atoms with Crippen LogP contribution in [0.15, 0.2) is 66.9 Å². The van der Waals surface area contributed by atoms with Gasteiger partial charge >= 0.3 is 0 Å². The summed E-state index contributed by atoms with van der Waals surface area (Å²) in [4.78, 5) is 25.5. The molecule has 8 heteroatoms. The summed E-state index contributed by atoms with van der Waals surface area (Å²) in [7, 11) is 0. The van der Waals surface area contributed by atoms with Gasteiger partial charge in [0.1, 0.15) is 5.82 Å². The molecule has 0 bridgehead atoms. The third kappa shape index (κ3) is 4.91. The molecule has 0 saturated heterocycles. The zero-order valence-corrected chi connectivity index (χ0v) is 19.7. The van der Waals surface area contributed by atoms with Gasteiger partial charge in [0.15, 0.2) is 0 Å². The first-order valence-electron chi connectivity index (χ1n) is 11.6. The van der Waals surface area contributed by atoms with Gasteiger partial charge in [0.05, 0.1) is 33.7 Å². The number of anilines is 1. The van der Waals surface area contributed by atoms with E-state index in [1.807, 2.05) is 18.2 Å². The smallest absolute Gasteiger partial charge is 0.257 e. The summed E-state index contributed by atoms with van der Waals surface area (Å²) in [6.07, 6.45) is 5.72. The minimum atomic E-state index is -0.360. The van der Waals surface area contributed by atoms with Crippen molar-refractivity contribution >= 4 is 40.0 Å². The highest BCUT2D eigenvalue weighted by atomic mass is 35.5. The fourth-order valence-electron chi connectivity index (χ4n) is 4.52. The van der Waals surface area contributed by atoms with Crippen LogP contribution in [0.5, 0.6) is 0 Å². The zero-order valence-electron chi connectivity index (χ0n) is 18.9. The van der Waals surface area contributed by atoms with E-state index in [9.17, 15) is 14.0 Å². The molecule has 3 aromatic carbocycles. The first kappa shape index (κ1) is 23.1. The average Bonchev–Trinajstić information content (AvgIpc) is 3.55. The minimum Gasteiger partial charge on any atom is -0.352 e. The summed E-state index contributed by atoms with van der Waals surface area (Å²) < 4.78 is 15.0. The van der Waals surface area contributed by atoms with Crippen LogP contribution in [0, 0.1) is 11.7 Å². The molecule has 35 heavy (non-hydrogen) atoms. The molecule has 178 valence electrons. The second-order valence-corrected chi connectivity index (χ2v) is 9.15. The first-order chi connectivity index (χ1) is 17.0. The van der Waals surface area contributed by atoms with Gasteiger partial charge in [0.25, 0.3) is 5.91 Å². The molecule has 4 aromatic rings. The molecule has 1 aliphatic rings. The Bertz CT molecular complexity index is 1390. The normalized spacial score (nSPS) is 13.8. The molecule has 6 nitrogen and oxygen atoms in total. The topological polar surface area (TPSA) is 76.0 Å². The van der Waals surface area contributed by atoms with Crippen molar-refractivity contribution < 1.29 is 14.0 Å². The van der Waals surface area contributed by atoms with E-state index in [1.54, 1.807) is 41.2 Å². The van der Waals surface area contributed by atoms with Crippen molar-refractivity contribution in [1.29, 1.82) is 0 Å². The van der Waals surface area contributed by atoms with Gasteiger partial charge in [-0.3, -0.25) is 9.59 Å². The van der Waals surface area contributed by atoms with Crippen LogP contribution in [0.4, 0.5) is 10.1 Å². The van der Waals surface area contributed by atoms with Crippen LogP contribution in [0.2, 0.25) is 5.02 Å². The highest BCUT2D eigenvalue weighted by Crippen LogP contribution is 2.28. The van der Waals surface area contributed by atoms with Gasteiger partial charge in [-0.15, -0.1) is 0 Å². The Kier molecular flexibility index (Phi) is 6.51. The summed E-state index contributed by atoms with van der Waals surface area (Å²) in [5.74, 6) is -0.536. The van der Waals surface area contributed by atoms with Crippen LogP contribution in [0.3, 0.4) is 0 Å². The third-order valence-corrected chi connectivity index (χ3v) is 6.73. The van der Waals surface area contributed by atoms with Gasteiger partial charge in [-0.25, -0.2) is 9.07 Å². The Labute approximate surface area is 207 Å². The molecule has 1 heterocycles. The number of hydrogen-bond acceptors (Lipinski definition) is 3. The number of nitrogens with zero attached hydrogens (tertiary/aromatic N) is 2. The molecule has 2 amide bonds. The lowest BCUT2D eigenvalue weighted by atomic mass is 10.1. The molecular formula is C27H24ClFN4O2. The van der Waals surface area contributed by atoms with Crippen molar-refractivity contribution in [3.8, 4) is 5.69 Å². The van der Waals surface area contributed by atoms with E-state index < -0.39 is 0 Å². The van der Waals surface area contributed by atoms with E-state index >= 15 is 0 Å². The molecule has 5 rings (SSSR count). The van der Waals surface area contributed by atoms with Crippen molar-refractivity contribution in [3.63, 3.8) is 0 Å².